The van der Waals surface area contributed by atoms with Crippen LogP contribution in [0.1, 0.15) is 5.56 Å². The van der Waals surface area contributed by atoms with Crippen LogP contribution in [-0.4, -0.2) is 26.9 Å². The number of nitrogens with one attached hydrogen (secondary N) is 3. The molecule has 2 aromatic carbocycles. The van der Waals surface area contributed by atoms with Gasteiger partial charge >= 0.3 is 5.69 Å². The lowest BCUT2D eigenvalue weighted by atomic mass is 10.2. The molecule has 0 radical (unpaired) electrons. The predicted molar refractivity (Wildman–Crippen MR) is 110 cm³/mol. The molecule has 12 nitrogen and oxygen atoms in total. The second-order valence-corrected chi connectivity index (χ2v) is 6.06. The van der Waals surface area contributed by atoms with Gasteiger partial charge in [0.1, 0.15) is 12.1 Å². The second-order valence-electron chi connectivity index (χ2n) is 6.06. The van der Waals surface area contributed by atoms with E-state index in [-0.39, 0.29) is 17.3 Å². The van der Waals surface area contributed by atoms with Crippen molar-refractivity contribution in [1.29, 1.82) is 0 Å². The molecule has 0 atom stereocenters. The lowest BCUT2D eigenvalue weighted by molar-refractivity contribution is -0.384. The molecule has 0 spiro atoms. The van der Waals surface area contributed by atoms with Crippen LogP contribution < -0.4 is 20.9 Å². The fourth-order valence-electron chi connectivity index (χ4n) is 2.58. The lowest BCUT2D eigenvalue weighted by Gasteiger charge is -2.13. The van der Waals surface area contributed by atoms with Crippen molar-refractivity contribution in [3.8, 4) is 5.75 Å². The summed E-state index contributed by atoms with van der Waals surface area (Å²) in [4.78, 5) is 29.2. The highest BCUT2D eigenvalue weighted by molar-refractivity contribution is 5.76. The standard InChI is InChI=1S/C18H17N7O5/c1-11-3-8-15(30-2)14(9-11)21-17-16(25(28)29)18(20-10-19-17)23-22-12-4-6-13(7-5-12)24(26)27/h3-10,22H,1-2H3,(H2,19,20,21,23). The molecule has 0 amide bonds. The van der Waals surface area contributed by atoms with E-state index in [0.717, 1.165) is 11.9 Å². The van der Waals surface area contributed by atoms with Crippen molar-refractivity contribution in [2.75, 3.05) is 23.3 Å². The highest BCUT2D eigenvalue weighted by Gasteiger charge is 2.24. The van der Waals surface area contributed by atoms with Gasteiger partial charge in [0.05, 0.1) is 28.3 Å². The van der Waals surface area contributed by atoms with Gasteiger partial charge in [-0.3, -0.25) is 31.1 Å². The van der Waals surface area contributed by atoms with Crippen LogP contribution in [0.25, 0.3) is 0 Å². The summed E-state index contributed by atoms with van der Waals surface area (Å²) in [5.41, 5.74) is 6.78. The fourth-order valence-corrected chi connectivity index (χ4v) is 2.58. The first-order chi connectivity index (χ1) is 14.4. The summed E-state index contributed by atoms with van der Waals surface area (Å²) in [7, 11) is 1.49. The lowest BCUT2D eigenvalue weighted by Crippen LogP contribution is -2.13. The Morgan fingerprint density at radius 2 is 1.63 bits per heavy atom. The SMILES string of the molecule is COc1ccc(C)cc1Nc1ncnc(NNc2ccc([N+](=O)[O-])cc2)c1[N+](=O)[O-]. The fraction of sp³-hybridized carbons (Fsp3) is 0.111. The minimum absolute atomic E-state index is 0.0353. The zero-order valence-electron chi connectivity index (χ0n) is 15.9. The number of rotatable bonds is 8. The first kappa shape index (κ1) is 20.3. The van der Waals surface area contributed by atoms with Gasteiger partial charge in [-0.2, -0.15) is 0 Å². The van der Waals surface area contributed by atoms with E-state index in [1.165, 1.54) is 31.4 Å². The molecular formula is C18H17N7O5. The summed E-state index contributed by atoms with van der Waals surface area (Å²) < 4.78 is 5.28. The Kier molecular flexibility index (Phi) is 5.86. The van der Waals surface area contributed by atoms with Crippen LogP contribution in [0, 0.1) is 27.2 Å². The number of hydrazine groups is 1. The quantitative estimate of drug-likeness (QED) is 0.368. The van der Waals surface area contributed by atoms with Gasteiger partial charge in [0.15, 0.2) is 0 Å². The molecule has 12 heteroatoms. The van der Waals surface area contributed by atoms with Gasteiger partial charge in [0.2, 0.25) is 11.6 Å². The number of hydrogen-bond acceptors (Lipinski definition) is 10. The average molecular weight is 411 g/mol. The molecule has 3 N–H and O–H groups in total. The normalized spacial score (nSPS) is 10.2. The Hall–Kier alpha value is -4.48. The monoisotopic (exact) mass is 411 g/mol. The van der Waals surface area contributed by atoms with Gasteiger partial charge in [0.25, 0.3) is 5.69 Å². The van der Waals surface area contributed by atoms with Gasteiger partial charge in [-0.15, -0.1) is 0 Å². The number of hydrogen-bond donors (Lipinski definition) is 3. The predicted octanol–water partition coefficient (Wildman–Crippen LogP) is 3.79. The Morgan fingerprint density at radius 3 is 2.27 bits per heavy atom. The smallest absolute Gasteiger partial charge is 0.355 e. The molecule has 0 saturated carbocycles. The highest BCUT2D eigenvalue weighted by Crippen LogP contribution is 2.34. The maximum Gasteiger partial charge on any atom is 0.355 e. The molecule has 1 heterocycles. The van der Waals surface area contributed by atoms with Gasteiger partial charge in [0, 0.05) is 12.1 Å². The van der Waals surface area contributed by atoms with E-state index in [0.29, 0.717) is 17.1 Å². The Balaban J connectivity index is 1.87. The van der Waals surface area contributed by atoms with Crippen molar-refractivity contribution < 1.29 is 14.6 Å². The molecule has 0 aliphatic carbocycles. The summed E-state index contributed by atoms with van der Waals surface area (Å²) in [6, 6.07) is 10.9. The summed E-state index contributed by atoms with van der Waals surface area (Å²) in [6.45, 7) is 1.88. The number of non-ortho nitro benzene ring substituents is 1. The van der Waals surface area contributed by atoms with E-state index in [2.05, 4.69) is 26.1 Å². The van der Waals surface area contributed by atoms with E-state index < -0.39 is 15.5 Å². The molecule has 0 aliphatic heterocycles. The maximum atomic E-state index is 11.7. The number of nitrogens with zero attached hydrogens (tertiary/aromatic N) is 4. The van der Waals surface area contributed by atoms with Crippen molar-refractivity contribution in [2.45, 2.75) is 6.92 Å². The van der Waals surface area contributed by atoms with Crippen molar-refractivity contribution in [3.05, 3.63) is 74.6 Å². The molecular weight excluding hydrogens is 394 g/mol. The van der Waals surface area contributed by atoms with Gasteiger partial charge in [-0.25, -0.2) is 9.97 Å². The van der Waals surface area contributed by atoms with E-state index in [9.17, 15) is 20.2 Å². The largest absolute Gasteiger partial charge is 0.495 e. The van der Waals surface area contributed by atoms with Crippen LogP contribution in [-0.2, 0) is 0 Å². The number of nitro groups is 2. The summed E-state index contributed by atoms with van der Waals surface area (Å²) in [5.74, 6) is 0.362. The highest BCUT2D eigenvalue weighted by atomic mass is 16.6. The Bertz CT molecular complexity index is 1090. The number of aryl methyl sites for hydroxylation is 1. The molecule has 3 aromatic rings. The third-order valence-electron chi connectivity index (χ3n) is 4.02. The molecule has 0 saturated heterocycles. The summed E-state index contributed by atoms with van der Waals surface area (Å²) in [6.07, 6.45) is 1.16. The van der Waals surface area contributed by atoms with Gasteiger partial charge in [-0.1, -0.05) is 6.07 Å². The van der Waals surface area contributed by atoms with Crippen LogP contribution in [0.2, 0.25) is 0 Å². The van der Waals surface area contributed by atoms with Crippen molar-refractivity contribution >= 4 is 34.4 Å². The van der Waals surface area contributed by atoms with Crippen molar-refractivity contribution in [3.63, 3.8) is 0 Å². The van der Waals surface area contributed by atoms with E-state index in [4.69, 9.17) is 4.74 Å². The number of nitro benzene ring substituents is 1. The second kappa shape index (κ2) is 8.68. The van der Waals surface area contributed by atoms with Crippen LogP contribution in [0.3, 0.4) is 0 Å². The Morgan fingerprint density at radius 1 is 0.933 bits per heavy atom. The molecule has 30 heavy (non-hydrogen) atoms. The Labute approximate surface area is 170 Å². The topological polar surface area (TPSA) is 157 Å². The molecule has 0 unspecified atom stereocenters. The third-order valence-corrected chi connectivity index (χ3v) is 4.02. The zero-order chi connectivity index (χ0) is 21.7. The zero-order valence-corrected chi connectivity index (χ0v) is 15.9. The minimum Gasteiger partial charge on any atom is -0.495 e. The molecule has 0 aliphatic rings. The van der Waals surface area contributed by atoms with Crippen LogP contribution in [0.5, 0.6) is 5.75 Å². The van der Waals surface area contributed by atoms with Crippen molar-refractivity contribution in [2.24, 2.45) is 0 Å². The summed E-state index contributed by atoms with van der Waals surface area (Å²) >= 11 is 0. The van der Waals surface area contributed by atoms with Gasteiger partial charge in [-0.05, 0) is 36.8 Å². The maximum absolute atomic E-state index is 11.7. The van der Waals surface area contributed by atoms with Crippen LogP contribution >= 0.6 is 0 Å². The van der Waals surface area contributed by atoms with Crippen molar-refractivity contribution in [1.82, 2.24) is 9.97 Å². The average Bonchev–Trinajstić information content (AvgIpc) is 2.72. The number of anilines is 4. The van der Waals surface area contributed by atoms with E-state index in [1.807, 2.05) is 13.0 Å². The van der Waals surface area contributed by atoms with Gasteiger partial charge < -0.3 is 10.1 Å². The molecule has 0 fully saturated rings. The third kappa shape index (κ3) is 4.49. The van der Waals surface area contributed by atoms with Crippen LogP contribution in [0.4, 0.5) is 34.4 Å². The minimum atomic E-state index is -0.621. The number of methoxy groups -OCH3 is 1. The first-order valence-electron chi connectivity index (χ1n) is 8.56. The van der Waals surface area contributed by atoms with E-state index in [1.54, 1.807) is 12.1 Å². The molecule has 1 aromatic heterocycles. The number of aromatic nitrogens is 2. The number of ether oxygens (including phenoxy) is 1. The summed E-state index contributed by atoms with van der Waals surface area (Å²) in [5, 5.41) is 25.3. The molecule has 0 bridgehead atoms. The number of benzene rings is 2. The van der Waals surface area contributed by atoms with Crippen LogP contribution in [0.15, 0.2) is 48.8 Å². The molecule has 154 valence electrons. The first-order valence-corrected chi connectivity index (χ1v) is 8.56. The molecule has 3 rings (SSSR count). The van der Waals surface area contributed by atoms with E-state index >= 15 is 0 Å².